The Morgan fingerprint density at radius 2 is 1.85 bits per heavy atom. The van der Waals surface area contributed by atoms with Crippen LogP contribution in [0, 0.1) is 5.82 Å². The molecule has 1 aliphatic rings. The molecular weight excluding hydrogens is 520 g/mol. The first kappa shape index (κ1) is 26.2. The summed E-state index contributed by atoms with van der Waals surface area (Å²) in [5.41, 5.74) is 3.37. The molecule has 1 aliphatic heterocycles. The summed E-state index contributed by atoms with van der Waals surface area (Å²) in [6.45, 7) is 0.0533. The Labute approximate surface area is 183 Å². The molecular formula is C12H18FN4O13P3. The van der Waals surface area contributed by atoms with E-state index in [4.69, 9.17) is 25.2 Å². The standard InChI is InChI=1S/C12H18FN4O13P3/c1-12(19)8(18)6(3-27-32(23,24)30-33(25,26)29-31(20,21)22)28-11(12)17-2-5(13)7-9(14)15-4-16-10(7)17/h2,4,6,8,11,18-19H,3H2,1H3,(H,23,24)(H,25,26)(H2,14,15,16)(H2,20,21,22)/t6-,8-,11-,12-/m1/s1. The highest BCUT2D eigenvalue weighted by molar-refractivity contribution is 7.66. The number of phosphoric ester groups is 1. The summed E-state index contributed by atoms with van der Waals surface area (Å²) in [7, 11) is -16.8. The van der Waals surface area contributed by atoms with Crippen molar-refractivity contribution in [3.8, 4) is 0 Å². The van der Waals surface area contributed by atoms with Crippen molar-refractivity contribution in [3.63, 3.8) is 0 Å². The molecule has 2 unspecified atom stereocenters. The summed E-state index contributed by atoms with van der Waals surface area (Å²) >= 11 is 0. The Morgan fingerprint density at radius 3 is 2.45 bits per heavy atom. The van der Waals surface area contributed by atoms with Crippen LogP contribution in [-0.4, -0.2) is 68.7 Å². The van der Waals surface area contributed by atoms with Crippen molar-refractivity contribution in [2.45, 2.75) is 31.0 Å². The van der Waals surface area contributed by atoms with Crippen molar-refractivity contribution >= 4 is 40.3 Å². The van der Waals surface area contributed by atoms with Crippen LogP contribution >= 0.6 is 23.5 Å². The second-order valence-electron chi connectivity index (χ2n) is 6.93. The average molecular weight is 538 g/mol. The molecule has 21 heteroatoms. The van der Waals surface area contributed by atoms with E-state index in [2.05, 4.69) is 23.1 Å². The maximum atomic E-state index is 14.3. The number of nitrogens with two attached hydrogens (primary N) is 1. The van der Waals surface area contributed by atoms with E-state index >= 15 is 0 Å². The lowest BCUT2D eigenvalue weighted by Gasteiger charge is -2.27. The third kappa shape index (κ3) is 5.66. The van der Waals surface area contributed by atoms with Crippen LogP contribution in [0.2, 0.25) is 0 Å². The Bertz CT molecular complexity index is 1200. The number of fused-ring (bicyclic) bond motifs is 1. The van der Waals surface area contributed by atoms with Gasteiger partial charge in [-0.05, 0) is 6.92 Å². The van der Waals surface area contributed by atoms with Gasteiger partial charge in [-0.15, -0.1) is 0 Å². The average Bonchev–Trinajstić information content (AvgIpc) is 3.06. The molecule has 0 aromatic carbocycles. The Balaban J connectivity index is 1.78. The molecule has 0 saturated carbocycles. The van der Waals surface area contributed by atoms with Gasteiger partial charge in [0, 0.05) is 6.20 Å². The van der Waals surface area contributed by atoms with Crippen molar-refractivity contribution in [2.75, 3.05) is 12.3 Å². The molecule has 0 radical (unpaired) electrons. The van der Waals surface area contributed by atoms with E-state index in [1.807, 2.05) is 0 Å². The molecule has 2 aromatic rings. The van der Waals surface area contributed by atoms with Crippen LogP contribution in [0.1, 0.15) is 13.2 Å². The number of nitrogen functional groups attached to an aromatic ring is 1. The molecule has 0 spiro atoms. The minimum Gasteiger partial charge on any atom is -0.387 e. The first-order valence-electron chi connectivity index (χ1n) is 8.54. The van der Waals surface area contributed by atoms with Gasteiger partial charge in [0.15, 0.2) is 17.7 Å². The third-order valence-corrected chi connectivity index (χ3v) is 8.22. The third-order valence-electron chi connectivity index (χ3n) is 4.42. The van der Waals surface area contributed by atoms with Gasteiger partial charge in [-0.3, -0.25) is 9.09 Å². The zero-order valence-electron chi connectivity index (χ0n) is 16.3. The van der Waals surface area contributed by atoms with Gasteiger partial charge in [-0.25, -0.2) is 28.1 Å². The Hall–Kier alpha value is -1.36. The number of aliphatic hydroxyl groups excluding tert-OH is 1. The van der Waals surface area contributed by atoms with Crippen LogP contribution in [0.25, 0.3) is 11.0 Å². The van der Waals surface area contributed by atoms with E-state index < -0.39 is 59.9 Å². The molecule has 8 N–H and O–H groups in total. The van der Waals surface area contributed by atoms with Crippen molar-refractivity contribution in [2.24, 2.45) is 0 Å². The van der Waals surface area contributed by atoms with Crippen LogP contribution in [0.4, 0.5) is 10.2 Å². The number of ether oxygens (including phenoxy) is 1. The second-order valence-corrected chi connectivity index (χ2v) is 11.3. The van der Waals surface area contributed by atoms with E-state index in [1.165, 1.54) is 0 Å². The fourth-order valence-corrected chi connectivity index (χ4v) is 6.12. The zero-order chi connectivity index (χ0) is 25.0. The number of aromatic nitrogens is 3. The molecule has 3 heterocycles. The van der Waals surface area contributed by atoms with E-state index in [9.17, 15) is 33.2 Å². The van der Waals surface area contributed by atoms with Crippen LogP contribution in [0.5, 0.6) is 0 Å². The first-order valence-corrected chi connectivity index (χ1v) is 13.1. The van der Waals surface area contributed by atoms with E-state index in [1.54, 1.807) is 0 Å². The summed E-state index contributed by atoms with van der Waals surface area (Å²) in [6.07, 6.45) is -3.06. The molecule has 0 bridgehead atoms. The van der Waals surface area contributed by atoms with Crippen LogP contribution in [0.15, 0.2) is 12.5 Å². The summed E-state index contributed by atoms with van der Waals surface area (Å²) < 4.78 is 66.2. The summed E-state index contributed by atoms with van der Waals surface area (Å²) in [4.78, 5) is 43.2. The lowest BCUT2D eigenvalue weighted by molar-refractivity contribution is -0.0948. The summed E-state index contributed by atoms with van der Waals surface area (Å²) in [6, 6.07) is 0. The maximum absolute atomic E-state index is 14.3. The highest BCUT2D eigenvalue weighted by Gasteiger charge is 2.54. The predicted octanol–water partition coefficient (Wildman–Crippen LogP) is -0.495. The van der Waals surface area contributed by atoms with Crippen molar-refractivity contribution < 1.29 is 65.8 Å². The van der Waals surface area contributed by atoms with Crippen LogP contribution in [0.3, 0.4) is 0 Å². The van der Waals surface area contributed by atoms with Crippen molar-refractivity contribution in [1.82, 2.24) is 14.5 Å². The van der Waals surface area contributed by atoms with Gasteiger partial charge in [0.2, 0.25) is 0 Å². The lowest BCUT2D eigenvalue weighted by atomic mass is 9.96. The van der Waals surface area contributed by atoms with E-state index in [-0.39, 0.29) is 16.9 Å². The number of hydrogen-bond donors (Lipinski definition) is 7. The monoisotopic (exact) mass is 538 g/mol. The molecule has 2 aromatic heterocycles. The molecule has 17 nitrogen and oxygen atoms in total. The number of halogens is 1. The molecule has 6 atom stereocenters. The van der Waals surface area contributed by atoms with Gasteiger partial charge >= 0.3 is 23.5 Å². The second kappa shape index (κ2) is 8.70. The van der Waals surface area contributed by atoms with Gasteiger partial charge in [0.05, 0.1) is 12.0 Å². The fraction of sp³-hybridized carbons (Fsp3) is 0.500. The number of rotatable bonds is 8. The van der Waals surface area contributed by atoms with Crippen LogP contribution in [-0.2, 0) is 31.6 Å². The van der Waals surface area contributed by atoms with Gasteiger partial charge < -0.3 is 40.3 Å². The molecule has 3 rings (SSSR count). The Kier molecular flexibility index (Phi) is 6.92. The van der Waals surface area contributed by atoms with Gasteiger partial charge in [-0.1, -0.05) is 0 Å². The molecule has 0 amide bonds. The number of phosphoric acid groups is 3. The largest absolute Gasteiger partial charge is 0.490 e. The minimum absolute atomic E-state index is 0.106. The maximum Gasteiger partial charge on any atom is 0.490 e. The minimum atomic E-state index is -5.75. The van der Waals surface area contributed by atoms with Gasteiger partial charge in [0.25, 0.3) is 0 Å². The number of anilines is 1. The smallest absolute Gasteiger partial charge is 0.387 e. The topological polar surface area (TPSA) is 266 Å². The zero-order valence-corrected chi connectivity index (χ0v) is 19.0. The highest BCUT2D eigenvalue weighted by Crippen LogP contribution is 2.66. The molecule has 0 aliphatic carbocycles. The van der Waals surface area contributed by atoms with Gasteiger partial charge in [-0.2, -0.15) is 8.62 Å². The number of hydrogen-bond acceptors (Lipinski definition) is 12. The highest BCUT2D eigenvalue weighted by atomic mass is 31.3. The fourth-order valence-electron chi connectivity index (χ4n) is 3.09. The Morgan fingerprint density at radius 1 is 1.21 bits per heavy atom. The number of nitrogens with zero attached hydrogens (tertiary/aromatic N) is 3. The molecule has 186 valence electrons. The molecule has 1 fully saturated rings. The molecule has 33 heavy (non-hydrogen) atoms. The predicted molar refractivity (Wildman–Crippen MR) is 102 cm³/mol. The van der Waals surface area contributed by atoms with Crippen molar-refractivity contribution in [1.29, 1.82) is 0 Å². The summed E-state index contributed by atoms with van der Waals surface area (Å²) in [5, 5.41) is 20.9. The lowest BCUT2D eigenvalue weighted by Crippen LogP contribution is -2.44. The first-order chi connectivity index (χ1) is 14.9. The van der Waals surface area contributed by atoms with E-state index in [0.717, 1.165) is 24.0 Å². The summed E-state index contributed by atoms with van der Waals surface area (Å²) in [5.74, 6) is -1.08. The SMILES string of the molecule is C[C@@]1(O)[C@H](O)[C@@H](COP(=O)(O)OP(=O)(O)OP(=O)(O)O)O[C@H]1n1cc(F)c2c(N)ncnc21. The van der Waals surface area contributed by atoms with Crippen molar-refractivity contribution in [3.05, 3.63) is 18.3 Å². The normalized spacial score (nSPS) is 29.8. The number of aliphatic hydroxyl groups is 2. The quantitative estimate of drug-likeness (QED) is 0.209. The van der Waals surface area contributed by atoms with E-state index in [0.29, 0.717) is 0 Å². The van der Waals surface area contributed by atoms with Crippen LogP contribution < -0.4 is 5.73 Å². The molecule has 1 saturated heterocycles. The van der Waals surface area contributed by atoms with Gasteiger partial charge in [0.1, 0.15) is 30.0 Å².